The van der Waals surface area contributed by atoms with Gasteiger partial charge in [-0.3, -0.25) is 0 Å². The Morgan fingerprint density at radius 2 is 1.94 bits per heavy atom. The van der Waals surface area contributed by atoms with Crippen molar-refractivity contribution >= 4 is 0 Å². The number of hydrogen-bond donors (Lipinski definition) is 1. The van der Waals surface area contributed by atoms with E-state index in [-0.39, 0.29) is 5.60 Å². The molecule has 1 saturated heterocycles. The van der Waals surface area contributed by atoms with E-state index in [0.717, 1.165) is 26.2 Å². The van der Waals surface area contributed by atoms with E-state index in [1.807, 2.05) is 0 Å². The summed E-state index contributed by atoms with van der Waals surface area (Å²) in [7, 11) is 0. The maximum absolute atomic E-state index is 6.19. The zero-order chi connectivity index (χ0) is 12.0. The molecular weight excluding hydrogens is 212 g/mol. The predicted octanol–water partition coefficient (Wildman–Crippen LogP) is 2.02. The van der Waals surface area contributed by atoms with E-state index < -0.39 is 0 Å². The van der Waals surface area contributed by atoms with Gasteiger partial charge in [0.2, 0.25) is 0 Å². The van der Waals surface area contributed by atoms with Crippen molar-refractivity contribution in [1.29, 1.82) is 0 Å². The highest BCUT2D eigenvalue weighted by Crippen LogP contribution is 2.38. The summed E-state index contributed by atoms with van der Waals surface area (Å²) in [6.07, 6.45) is 7.87. The average molecular weight is 240 g/mol. The van der Waals surface area contributed by atoms with Crippen molar-refractivity contribution in [3.05, 3.63) is 0 Å². The molecule has 1 saturated carbocycles. The van der Waals surface area contributed by atoms with E-state index in [1.54, 1.807) is 0 Å². The van der Waals surface area contributed by atoms with Crippen LogP contribution in [0, 0.1) is 0 Å². The third kappa shape index (κ3) is 3.94. The van der Waals surface area contributed by atoms with E-state index in [2.05, 4.69) is 17.1 Å². The Morgan fingerprint density at radius 3 is 2.53 bits per heavy atom. The van der Waals surface area contributed by atoms with Crippen LogP contribution in [0.5, 0.6) is 0 Å². The molecule has 2 rings (SSSR count). The number of rotatable bonds is 8. The van der Waals surface area contributed by atoms with Crippen LogP contribution in [0.1, 0.15) is 45.4 Å². The third-order valence-corrected chi connectivity index (χ3v) is 4.29. The molecule has 0 aromatic rings. The zero-order valence-corrected chi connectivity index (χ0v) is 11.3. The fourth-order valence-corrected chi connectivity index (χ4v) is 2.93. The van der Waals surface area contributed by atoms with Gasteiger partial charge in [0.05, 0.1) is 12.2 Å². The minimum absolute atomic E-state index is 0.238. The third-order valence-electron chi connectivity index (χ3n) is 4.29. The van der Waals surface area contributed by atoms with E-state index >= 15 is 0 Å². The van der Waals surface area contributed by atoms with Gasteiger partial charge in [0.1, 0.15) is 0 Å². The van der Waals surface area contributed by atoms with Crippen LogP contribution < -0.4 is 5.32 Å². The van der Waals surface area contributed by atoms with E-state index in [4.69, 9.17) is 4.74 Å². The number of likely N-dealkylation sites (tertiary alicyclic amines) is 1. The first-order valence-corrected chi connectivity index (χ1v) is 7.42. The molecule has 3 nitrogen and oxygen atoms in total. The van der Waals surface area contributed by atoms with Crippen LogP contribution in [-0.4, -0.2) is 49.8 Å². The van der Waals surface area contributed by atoms with E-state index in [1.165, 1.54) is 51.6 Å². The summed E-state index contributed by atoms with van der Waals surface area (Å²) >= 11 is 0. The lowest BCUT2D eigenvalue weighted by Gasteiger charge is -2.42. The molecule has 0 unspecified atom stereocenters. The van der Waals surface area contributed by atoms with Crippen LogP contribution >= 0.6 is 0 Å². The minimum atomic E-state index is 0.238. The number of hydrogen-bond acceptors (Lipinski definition) is 3. The van der Waals surface area contributed by atoms with E-state index in [9.17, 15) is 0 Å². The Bertz CT molecular complexity index is 210. The van der Waals surface area contributed by atoms with Gasteiger partial charge in [-0.1, -0.05) is 6.92 Å². The summed E-state index contributed by atoms with van der Waals surface area (Å²) < 4.78 is 6.19. The highest BCUT2D eigenvalue weighted by atomic mass is 16.5. The summed E-state index contributed by atoms with van der Waals surface area (Å²) in [5.74, 6) is 0. The summed E-state index contributed by atoms with van der Waals surface area (Å²) in [5.41, 5.74) is 0.238. The molecule has 2 fully saturated rings. The zero-order valence-electron chi connectivity index (χ0n) is 11.3. The lowest BCUT2D eigenvalue weighted by molar-refractivity contribution is -0.107. The fourth-order valence-electron chi connectivity index (χ4n) is 2.93. The Labute approximate surface area is 106 Å². The standard InChI is InChI=1S/C14H28N2O/c1-2-15-9-8-14(6-5-7-14)17-13-12-16-10-3-4-11-16/h15H,2-13H2,1H3. The highest BCUT2D eigenvalue weighted by molar-refractivity contribution is 4.90. The van der Waals surface area contributed by atoms with Crippen molar-refractivity contribution in [2.75, 3.05) is 39.3 Å². The van der Waals surface area contributed by atoms with Gasteiger partial charge in [-0.15, -0.1) is 0 Å². The van der Waals surface area contributed by atoms with Gasteiger partial charge in [-0.25, -0.2) is 0 Å². The maximum Gasteiger partial charge on any atom is 0.0695 e. The number of ether oxygens (including phenoxy) is 1. The van der Waals surface area contributed by atoms with Crippen molar-refractivity contribution < 1.29 is 4.74 Å². The van der Waals surface area contributed by atoms with Crippen LogP contribution in [0.2, 0.25) is 0 Å². The Balaban J connectivity index is 1.60. The molecule has 1 aliphatic carbocycles. The second kappa shape index (κ2) is 6.72. The highest BCUT2D eigenvalue weighted by Gasteiger charge is 2.37. The van der Waals surface area contributed by atoms with Crippen LogP contribution in [0.3, 0.4) is 0 Å². The van der Waals surface area contributed by atoms with Gasteiger partial charge in [0, 0.05) is 6.54 Å². The summed E-state index contributed by atoms with van der Waals surface area (Å²) in [6.45, 7) is 9.00. The molecule has 2 aliphatic rings. The molecule has 1 heterocycles. The lowest BCUT2D eigenvalue weighted by Crippen LogP contribution is -2.44. The fraction of sp³-hybridized carbons (Fsp3) is 1.00. The Hall–Kier alpha value is -0.120. The molecule has 0 amide bonds. The molecule has 100 valence electrons. The molecule has 0 radical (unpaired) electrons. The predicted molar refractivity (Wildman–Crippen MR) is 71.4 cm³/mol. The number of nitrogens with zero attached hydrogens (tertiary/aromatic N) is 1. The largest absolute Gasteiger partial charge is 0.374 e. The topological polar surface area (TPSA) is 24.5 Å². The van der Waals surface area contributed by atoms with Crippen LogP contribution in [-0.2, 0) is 4.74 Å². The molecule has 0 aromatic carbocycles. The smallest absolute Gasteiger partial charge is 0.0695 e. The van der Waals surface area contributed by atoms with Gasteiger partial charge >= 0.3 is 0 Å². The van der Waals surface area contributed by atoms with Crippen molar-refractivity contribution in [3.63, 3.8) is 0 Å². The number of nitrogens with one attached hydrogen (secondary N) is 1. The van der Waals surface area contributed by atoms with Gasteiger partial charge in [0.25, 0.3) is 0 Å². The first-order valence-electron chi connectivity index (χ1n) is 7.42. The van der Waals surface area contributed by atoms with E-state index in [0.29, 0.717) is 0 Å². The van der Waals surface area contributed by atoms with Crippen LogP contribution in [0.4, 0.5) is 0 Å². The normalized spacial score (nSPS) is 23.8. The first-order chi connectivity index (χ1) is 8.35. The molecule has 0 aromatic heterocycles. The average Bonchev–Trinajstić information content (AvgIpc) is 2.78. The van der Waals surface area contributed by atoms with Crippen LogP contribution in [0.15, 0.2) is 0 Å². The summed E-state index contributed by atoms with van der Waals surface area (Å²) in [5, 5.41) is 3.41. The SMILES string of the molecule is CCNCCC1(OCCN2CCCC2)CCC1. The molecular formula is C14H28N2O. The monoisotopic (exact) mass is 240 g/mol. The minimum Gasteiger partial charge on any atom is -0.374 e. The lowest BCUT2D eigenvalue weighted by atomic mass is 9.77. The maximum atomic E-state index is 6.19. The molecule has 3 heteroatoms. The molecule has 1 N–H and O–H groups in total. The molecule has 0 spiro atoms. The van der Waals surface area contributed by atoms with Crippen molar-refractivity contribution in [2.24, 2.45) is 0 Å². The van der Waals surface area contributed by atoms with Crippen molar-refractivity contribution in [3.8, 4) is 0 Å². The van der Waals surface area contributed by atoms with Crippen molar-refractivity contribution in [1.82, 2.24) is 10.2 Å². The summed E-state index contributed by atoms with van der Waals surface area (Å²) in [6, 6.07) is 0. The summed E-state index contributed by atoms with van der Waals surface area (Å²) in [4.78, 5) is 2.54. The van der Waals surface area contributed by atoms with Crippen molar-refractivity contribution in [2.45, 2.75) is 51.0 Å². The van der Waals surface area contributed by atoms with Gasteiger partial charge in [0.15, 0.2) is 0 Å². The second-order valence-electron chi connectivity index (χ2n) is 5.54. The molecule has 0 bridgehead atoms. The van der Waals surface area contributed by atoms with Crippen LogP contribution in [0.25, 0.3) is 0 Å². The van der Waals surface area contributed by atoms with Gasteiger partial charge in [-0.2, -0.15) is 0 Å². The second-order valence-corrected chi connectivity index (χ2v) is 5.54. The molecule has 0 atom stereocenters. The Kier molecular flexibility index (Phi) is 5.26. The Morgan fingerprint density at radius 1 is 1.18 bits per heavy atom. The van der Waals surface area contributed by atoms with Gasteiger partial charge < -0.3 is 15.0 Å². The first kappa shape index (κ1) is 13.3. The molecule has 17 heavy (non-hydrogen) atoms. The quantitative estimate of drug-likeness (QED) is 0.657. The van der Waals surface area contributed by atoms with Gasteiger partial charge in [-0.05, 0) is 64.7 Å². The molecule has 1 aliphatic heterocycles.